The highest BCUT2D eigenvalue weighted by Gasteiger charge is 2.04. The highest BCUT2D eigenvalue weighted by molar-refractivity contribution is 6.16. The van der Waals surface area contributed by atoms with E-state index in [1.807, 2.05) is 24.4 Å². The molecule has 0 N–H and O–H groups in total. The molecule has 0 aliphatic carbocycles. The van der Waals surface area contributed by atoms with Crippen molar-refractivity contribution in [2.75, 3.05) is 0 Å². The Kier molecular flexibility index (Phi) is 2.70. The molecule has 0 bridgehead atoms. The number of aromatic nitrogens is 2. The van der Waals surface area contributed by atoms with Gasteiger partial charge in [-0.2, -0.15) is 5.26 Å². The Hall–Kier alpha value is -1.79. The second kappa shape index (κ2) is 4.16. The molecule has 0 saturated carbocycles. The number of rotatable bonds is 2. The topological polar surface area (TPSA) is 41.6 Å². The molecule has 15 heavy (non-hydrogen) atoms. The molecule has 2 aromatic rings. The van der Waals surface area contributed by atoms with Gasteiger partial charge in [-0.1, -0.05) is 12.1 Å². The average Bonchev–Trinajstić information content (AvgIpc) is 2.77. The van der Waals surface area contributed by atoms with Gasteiger partial charge in [0.25, 0.3) is 0 Å². The Balaban J connectivity index is 2.49. The van der Waals surface area contributed by atoms with Crippen molar-refractivity contribution < 1.29 is 0 Å². The van der Waals surface area contributed by atoms with Gasteiger partial charge in [0.15, 0.2) is 0 Å². The molecule has 0 atom stereocenters. The van der Waals surface area contributed by atoms with E-state index < -0.39 is 0 Å². The summed E-state index contributed by atoms with van der Waals surface area (Å²) in [4.78, 5) is 4.11. The van der Waals surface area contributed by atoms with Crippen LogP contribution in [0.5, 0.6) is 0 Å². The summed E-state index contributed by atoms with van der Waals surface area (Å²) in [5.74, 6) is 0.377. The summed E-state index contributed by atoms with van der Waals surface area (Å²) in [5.41, 5.74) is 2.24. The van der Waals surface area contributed by atoms with E-state index in [0.29, 0.717) is 11.4 Å². The van der Waals surface area contributed by atoms with Crippen LogP contribution < -0.4 is 0 Å². The Labute approximate surface area is 92.6 Å². The lowest BCUT2D eigenvalue weighted by molar-refractivity contribution is 1.05. The molecule has 1 heterocycles. The van der Waals surface area contributed by atoms with Gasteiger partial charge in [0, 0.05) is 6.20 Å². The summed E-state index contributed by atoms with van der Waals surface area (Å²) < 4.78 is 1.80. The van der Waals surface area contributed by atoms with Crippen LogP contribution in [0, 0.1) is 11.3 Å². The molecule has 1 aromatic carbocycles. The largest absolute Gasteiger partial charge is 0.305 e. The third kappa shape index (κ3) is 1.85. The van der Waals surface area contributed by atoms with E-state index in [-0.39, 0.29) is 0 Å². The van der Waals surface area contributed by atoms with Crippen LogP contribution in [0.15, 0.2) is 36.8 Å². The van der Waals surface area contributed by atoms with E-state index in [1.54, 1.807) is 17.0 Å². The van der Waals surface area contributed by atoms with Crippen LogP contribution >= 0.6 is 11.6 Å². The predicted molar refractivity (Wildman–Crippen MR) is 57.8 cm³/mol. The number of nitrogens with zero attached hydrogens (tertiary/aromatic N) is 3. The Morgan fingerprint density at radius 3 is 2.87 bits per heavy atom. The van der Waals surface area contributed by atoms with Gasteiger partial charge in [-0.25, -0.2) is 4.98 Å². The fourth-order valence-corrected chi connectivity index (χ4v) is 1.50. The summed E-state index contributed by atoms with van der Waals surface area (Å²) in [5, 5.41) is 8.93. The van der Waals surface area contributed by atoms with E-state index in [1.165, 1.54) is 0 Å². The molecule has 1 aromatic heterocycles. The molecule has 0 fully saturated rings. The number of nitriles is 1. The number of para-hydroxylation sites is 1. The summed E-state index contributed by atoms with van der Waals surface area (Å²) >= 11 is 5.66. The van der Waals surface area contributed by atoms with Gasteiger partial charge < -0.3 is 4.57 Å². The molecule has 74 valence electrons. The van der Waals surface area contributed by atoms with Crippen molar-refractivity contribution >= 4 is 11.6 Å². The summed E-state index contributed by atoms with van der Waals surface area (Å²) in [6.07, 6.45) is 3.48. The third-order valence-corrected chi connectivity index (χ3v) is 2.35. The SMILES string of the molecule is N#Cc1ccccc1-n1cnc(CCl)c1. The van der Waals surface area contributed by atoms with Crippen LogP contribution in [0.2, 0.25) is 0 Å². The standard InChI is InChI=1S/C11H8ClN3/c12-5-10-7-15(8-14-10)11-4-2-1-3-9(11)6-13/h1-4,7-8H,5H2. The third-order valence-electron chi connectivity index (χ3n) is 2.08. The Morgan fingerprint density at radius 2 is 2.20 bits per heavy atom. The molecule has 0 unspecified atom stereocenters. The molecule has 0 spiro atoms. The van der Waals surface area contributed by atoms with Gasteiger partial charge in [0.05, 0.1) is 29.2 Å². The van der Waals surface area contributed by atoms with Crippen molar-refractivity contribution in [1.29, 1.82) is 5.26 Å². The maximum atomic E-state index is 8.93. The van der Waals surface area contributed by atoms with E-state index in [0.717, 1.165) is 11.4 Å². The van der Waals surface area contributed by atoms with Crippen molar-refractivity contribution in [2.45, 2.75) is 5.88 Å². The minimum Gasteiger partial charge on any atom is -0.305 e. The first kappa shape index (κ1) is 9.75. The highest BCUT2D eigenvalue weighted by Crippen LogP contribution is 2.14. The zero-order chi connectivity index (χ0) is 10.7. The lowest BCUT2D eigenvalue weighted by Gasteiger charge is -2.02. The first-order valence-electron chi connectivity index (χ1n) is 4.43. The average molecular weight is 218 g/mol. The van der Waals surface area contributed by atoms with Crippen molar-refractivity contribution in [3.8, 4) is 11.8 Å². The number of benzene rings is 1. The van der Waals surface area contributed by atoms with Crippen LogP contribution in [0.25, 0.3) is 5.69 Å². The summed E-state index contributed by atoms with van der Waals surface area (Å²) in [6, 6.07) is 9.51. The van der Waals surface area contributed by atoms with Crippen LogP contribution in [-0.4, -0.2) is 9.55 Å². The van der Waals surface area contributed by atoms with Gasteiger partial charge in [-0.15, -0.1) is 11.6 Å². The molecular formula is C11H8ClN3. The van der Waals surface area contributed by atoms with Crippen molar-refractivity contribution in [3.05, 3.63) is 48.0 Å². The summed E-state index contributed by atoms with van der Waals surface area (Å²) in [7, 11) is 0. The number of halogens is 1. The zero-order valence-electron chi connectivity index (χ0n) is 7.89. The van der Waals surface area contributed by atoms with E-state index in [2.05, 4.69) is 11.1 Å². The van der Waals surface area contributed by atoms with E-state index in [9.17, 15) is 0 Å². The quantitative estimate of drug-likeness (QED) is 0.726. The van der Waals surface area contributed by atoms with Crippen molar-refractivity contribution in [3.63, 3.8) is 0 Å². The molecule has 3 nitrogen and oxygen atoms in total. The normalized spacial score (nSPS) is 9.87. The van der Waals surface area contributed by atoms with Gasteiger partial charge in [-0.3, -0.25) is 0 Å². The smallest absolute Gasteiger partial charge is 0.101 e. The first-order chi connectivity index (χ1) is 7.35. The fraction of sp³-hybridized carbons (Fsp3) is 0.0909. The molecule has 0 amide bonds. The lowest BCUT2D eigenvalue weighted by Crippen LogP contribution is -1.93. The molecule has 0 aliphatic rings. The lowest BCUT2D eigenvalue weighted by atomic mass is 10.2. The minimum absolute atomic E-state index is 0.377. The second-order valence-corrected chi connectivity index (χ2v) is 3.30. The maximum Gasteiger partial charge on any atom is 0.101 e. The number of hydrogen-bond acceptors (Lipinski definition) is 2. The van der Waals surface area contributed by atoms with Crippen molar-refractivity contribution in [1.82, 2.24) is 9.55 Å². The molecule has 0 saturated heterocycles. The Bertz CT molecular complexity index is 511. The van der Waals surface area contributed by atoms with Crippen LogP contribution in [0.3, 0.4) is 0 Å². The molecule has 4 heteroatoms. The van der Waals surface area contributed by atoms with E-state index >= 15 is 0 Å². The monoisotopic (exact) mass is 217 g/mol. The van der Waals surface area contributed by atoms with Crippen LogP contribution in [0.4, 0.5) is 0 Å². The maximum absolute atomic E-state index is 8.93. The van der Waals surface area contributed by atoms with Crippen LogP contribution in [-0.2, 0) is 5.88 Å². The molecule has 0 radical (unpaired) electrons. The van der Waals surface area contributed by atoms with Crippen LogP contribution in [0.1, 0.15) is 11.3 Å². The number of alkyl halides is 1. The number of imidazole rings is 1. The minimum atomic E-state index is 0.377. The van der Waals surface area contributed by atoms with Gasteiger partial charge in [0.1, 0.15) is 6.07 Å². The van der Waals surface area contributed by atoms with Crippen molar-refractivity contribution in [2.24, 2.45) is 0 Å². The second-order valence-electron chi connectivity index (χ2n) is 3.03. The summed E-state index contributed by atoms with van der Waals surface area (Å²) in [6.45, 7) is 0. The molecular weight excluding hydrogens is 210 g/mol. The first-order valence-corrected chi connectivity index (χ1v) is 4.97. The zero-order valence-corrected chi connectivity index (χ0v) is 8.65. The van der Waals surface area contributed by atoms with E-state index in [4.69, 9.17) is 16.9 Å². The van der Waals surface area contributed by atoms with Gasteiger partial charge >= 0.3 is 0 Å². The molecule has 0 aliphatic heterocycles. The Morgan fingerprint density at radius 1 is 1.40 bits per heavy atom. The predicted octanol–water partition coefficient (Wildman–Crippen LogP) is 2.48. The van der Waals surface area contributed by atoms with Gasteiger partial charge in [-0.05, 0) is 12.1 Å². The van der Waals surface area contributed by atoms with Gasteiger partial charge in [0.2, 0.25) is 0 Å². The fourth-order valence-electron chi connectivity index (χ4n) is 1.36. The highest BCUT2D eigenvalue weighted by atomic mass is 35.5. The number of hydrogen-bond donors (Lipinski definition) is 0. The molecule has 2 rings (SSSR count).